The van der Waals surface area contributed by atoms with Crippen LogP contribution in [-0.4, -0.2) is 82.3 Å². The lowest BCUT2D eigenvalue weighted by Gasteiger charge is -2.25. The second-order valence-corrected chi connectivity index (χ2v) is 11.9. The maximum atomic E-state index is 15.9. The molecule has 0 bridgehead atoms. The van der Waals surface area contributed by atoms with Gasteiger partial charge in [-0.25, -0.2) is 14.2 Å². The number of hydrogen-bond donors (Lipinski definition) is 5. The van der Waals surface area contributed by atoms with E-state index in [-0.39, 0.29) is 35.2 Å². The largest absolute Gasteiger partial charge is 0.492 e. The molecule has 3 aromatic rings. The Labute approximate surface area is 252 Å². The van der Waals surface area contributed by atoms with Crippen LogP contribution in [0.25, 0.3) is 10.9 Å². The van der Waals surface area contributed by atoms with Crippen molar-refractivity contribution in [3.8, 4) is 5.75 Å². The van der Waals surface area contributed by atoms with Gasteiger partial charge in [-0.3, -0.25) is 14.4 Å². The van der Waals surface area contributed by atoms with Gasteiger partial charge < -0.3 is 40.2 Å². The van der Waals surface area contributed by atoms with Crippen LogP contribution in [0.2, 0.25) is 0 Å². The van der Waals surface area contributed by atoms with Crippen LogP contribution in [-0.2, 0) is 16.0 Å². The Balaban J connectivity index is 1.29. The molecule has 1 saturated carbocycles. The first kappa shape index (κ1) is 29.6. The van der Waals surface area contributed by atoms with Gasteiger partial charge in [-0.2, -0.15) is 0 Å². The number of rotatable bonds is 10. The fourth-order valence-corrected chi connectivity index (χ4v) is 6.42. The van der Waals surface area contributed by atoms with Gasteiger partial charge in [-0.1, -0.05) is 0 Å². The van der Waals surface area contributed by atoms with E-state index < -0.39 is 41.1 Å². The number of carboxylic acids is 1. The maximum Gasteiger partial charge on any atom is 0.326 e. The monoisotopic (exact) mass is 609 g/mol. The number of halogens is 1. The van der Waals surface area contributed by atoms with Crippen molar-refractivity contribution in [2.45, 2.75) is 63.2 Å². The average molecular weight is 610 g/mol. The van der Waals surface area contributed by atoms with E-state index in [1.807, 2.05) is 9.47 Å². The number of benzene rings is 1. The number of aromatic amines is 1. The van der Waals surface area contributed by atoms with Crippen LogP contribution >= 0.6 is 0 Å². The lowest BCUT2D eigenvalue weighted by Crippen LogP contribution is -2.51. The number of fused-ring (bicyclic) bond motifs is 2. The van der Waals surface area contributed by atoms with Crippen molar-refractivity contribution < 1.29 is 28.6 Å². The Morgan fingerprint density at radius 2 is 2.02 bits per heavy atom. The average Bonchev–Trinajstić information content (AvgIpc) is 3.54. The van der Waals surface area contributed by atoms with Crippen molar-refractivity contribution in [2.24, 2.45) is 5.92 Å². The Hall–Kier alpha value is -4.46. The number of piperidine rings is 1. The van der Waals surface area contributed by atoms with E-state index in [4.69, 9.17) is 4.74 Å². The molecule has 0 unspecified atom stereocenters. The molecule has 4 atom stereocenters. The summed E-state index contributed by atoms with van der Waals surface area (Å²) < 4.78 is 23.5. The molecule has 0 radical (unpaired) electrons. The molecule has 14 heteroatoms. The molecule has 2 saturated heterocycles. The SMILES string of the molecule is COc1c(N2C[C@@H]3CCCN[C@@H]3C2)c(F)cc2c(=O)c(C(=O)N[C@@H](C)C(=O)N[C@@H](Cc3cnc[nH]3)C(=O)O)cn(C3CC3)c12. The van der Waals surface area contributed by atoms with Gasteiger partial charge in [0.15, 0.2) is 11.6 Å². The number of amides is 2. The van der Waals surface area contributed by atoms with Gasteiger partial charge in [0.25, 0.3) is 5.91 Å². The smallest absolute Gasteiger partial charge is 0.326 e. The normalized spacial score (nSPS) is 21.0. The highest BCUT2D eigenvalue weighted by molar-refractivity contribution is 6.01. The van der Waals surface area contributed by atoms with Crippen molar-refractivity contribution in [3.63, 3.8) is 0 Å². The Morgan fingerprint density at radius 3 is 2.68 bits per heavy atom. The van der Waals surface area contributed by atoms with Crippen LogP contribution in [0.3, 0.4) is 0 Å². The number of methoxy groups -OCH3 is 1. The van der Waals surface area contributed by atoms with E-state index in [9.17, 15) is 24.3 Å². The fourth-order valence-electron chi connectivity index (χ4n) is 6.42. The van der Waals surface area contributed by atoms with E-state index >= 15 is 4.39 Å². The summed E-state index contributed by atoms with van der Waals surface area (Å²) in [6.45, 7) is 3.63. The predicted octanol–water partition coefficient (Wildman–Crippen LogP) is 1.33. The molecule has 44 heavy (non-hydrogen) atoms. The highest BCUT2D eigenvalue weighted by Crippen LogP contribution is 2.45. The van der Waals surface area contributed by atoms with Crippen LogP contribution in [0, 0.1) is 11.7 Å². The number of aliphatic carboxylic acids is 1. The number of carbonyl (C=O) groups is 3. The highest BCUT2D eigenvalue weighted by atomic mass is 19.1. The number of nitrogens with zero attached hydrogens (tertiary/aromatic N) is 3. The number of carboxylic acid groups (broad SMARTS) is 1. The number of pyridine rings is 1. The molecule has 2 amide bonds. The molecule has 3 aliphatic rings. The Kier molecular flexibility index (Phi) is 8.01. The molecular weight excluding hydrogens is 573 g/mol. The number of H-pyrrole nitrogens is 1. The Morgan fingerprint density at radius 1 is 1.23 bits per heavy atom. The van der Waals surface area contributed by atoms with Crippen molar-refractivity contribution in [1.29, 1.82) is 0 Å². The van der Waals surface area contributed by atoms with Crippen LogP contribution < -0.4 is 31.0 Å². The second-order valence-electron chi connectivity index (χ2n) is 11.9. The molecule has 6 rings (SSSR count). The number of ether oxygens (including phenoxy) is 1. The summed E-state index contributed by atoms with van der Waals surface area (Å²) >= 11 is 0. The van der Waals surface area contributed by atoms with E-state index in [0.29, 0.717) is 35.9 Å². The maximum absolute atomic E-state index is 15.9. The van der Waals surface area contributed by atoms with Gasteiger partial charge in [0.1, 0.15) is 23.3 Å². The zero-order valence-corrected chi connectivity index (χ0v) is 24.6. The van der Waals surface area contributed by atoms with Gasteiger partial charge in [-0.05, 0) is 51.1 Å². The molecule has 234 valence electrons. The predicted molar refractivity (Wildman–Crippen MR) is 159 cm³/mol. The first-order chi connectivity index (χ1) is 21.2. The molecule has 13 nitrogen and oxygen atoms in total. The summed E-state index contributed by atoms with van der Waals surface area (Å²) in [5.41, 5.74) is 0.323. The molecule has 2 aromatic heterocycles. The quantitative estimate of drug-likeness (QED) is 0.228. The second kappa shape index (κ2) is 11.9. The molecule has 1 aromatic carbocycles. The van der Waals surface area contributed by atoms with Gasteiger partial charge >= 0.3 is 5.97 Å². The number of aromatic nitrogens is 3. The summed E-state index contributed by atoms with van der Waals surface area (Å²) in [5, 5.41) is 18.0. The molecule has 2 aliphatic heterocycles. The van der Waals surface area contributed by atoms with E-state index in [1.54, 1.807) is 0 Å². The molecule has 5 N–H and O–H groups in total. The number of carbonyl (C=O) groups excluding carboxylic acids is 2. The first-order valence-corrected chi connectivity index (χ1v) is 14.9. The van der Waals surface area contributed by atoms with Gasteiger partial charge in [0.2, 0.25) is 11.3 Å². The highest BCUT2D eigenvalue weighted by Gasteiger charge is 2.38. The Bertz CT molecular complexity index is 1640. The molecule has 4 heterocycles. The van der Waals surface area contributed by atoms with Crippen molar-refractivity contribution >= 4 is 34.4 Å². The number of anilines is 1. The van der Waals surface area contributed by atoms with Crippen LogP contribution in [0.5, 0.6) is 5.75 Å². The number of nitrogens with one attached hydrogen (secondary N) is 4. The zero-order valence-electron chi connectivity index (χ0n) is 24.6. The number of imidazole rings is 1. The van der Waals surface area contributed by atoms with Crippen LogP contribution in [0.1, 0.15) is 54.7 Å². The summed E-state index contributed by atoms with van der Waals surface area (Å²) in [5.74, 6) is -2.77. The number of hydrogen-bond acceptors (Lipinski definition) is 8. The minimum atomic E-state index is -1.27. The van der Waals surface area contributed by atoms with E-state index in [2.05, 4.69) is 25.9 Å². The first-order valence-electron chi connectivity index (χ1n) is 14.9. The molecular formula is C30H36FN7O6. The molecule has 1 aliphatic carbocycles. The third-order valence-electron chi connectivity index (χ3n) is 8.84. The van der Waals surface area contributed by atoms with Crippen LogP contribution in [0.15, 0.2) is 29.6 Å². The molecule has 3 fully saturated rings. The summed E-state index contributed by atoms with van der Waals surface area (Å²) in [6.07, 6.45) is 8.04. The fraction of sp³-hybridized carbons (Fsp3) is 0.500. The van der Waals surface area contributed by atoms with E-state index in [1.165, 1.54) is 38.8 Å². The summed E-state index contributed by atoms with van der Waals surface area (Å²) in [6, 6.07) is -0.995. The lowest BCUT2D eigenvalue weighted by atomic mass is 9.94. The van der Waals surface area contributed by atoms with Crippen molar-refractivity contribution in [3.05, 3.63) is 52.1 Å². The zero-order chi connectivity index (χ0) is 31.1. The summed E-state index contributed by atoms with van der Waals surface area (Å²) in [7, 11) is 1.46. The standard InChI is InChI=1S/C30H36FN7O6/c1-15(28(40)36-22(30(42)43)8-17-10-32-14-34-17)35-29(41)20-12-38(18-5-6-18)24-19(26(20)39)9-21(31)25(27(24)44-2)37-11-16-4-3-7-33-23(16)13-37/h9-10,12,14-16,18,22-23,33H,3-8,11,13H2,1-2H3,(H,32,34)(H,35,41)(H,36,40)(H,42,43)/t15-,16-,22-,23+/m0/s1. The van der Waals surface area contributed by atoms with Gasteiger partial charge in [0, 0.05) is 49.7 Å². The van der Waals surface area contributed by atoms with E-state index in [0.717, 1.165) is 32.2 Å². The van der Waals surface area contributed by atoms with Gasteiger partial charge in [-0.15, -0.1) is 0 Å². The third kappa shape index (κ3) is 5.61. The minimum absolute atomic E-state index is 0.000727. The third-order valence-corrected chi connectivity index (χ3v) is 8.84. The summed E-state index contributed by atoms with van der Waals surface area (Å²) in [4.78, 5) is 60.3. The minimum Gasteiger partial charge on any atom is -0.492 e. The van der Waals surface area contributed by atoms with Crippen molar-refractivity contribution in [2.75, 3.05) is 31.6 Å². The topological polar surface area (TPSA) is 171 Å². The lowest BCUT2D eigenvalue weighted by molar-refractivity contribution is -0.142. The molecule has 0 spiro atoms. The van der Waals surface area contributed by atoms with Crippen molar-refractivity contribution in [1.82, 2.24) is 30.5 Å². The van der Waals surface area contributed by atoms with Crippen LogP contribution in [0.4, 0.5) is 10.1 Å². The van der Waals surface area contributed by atoms with Gasteiger partial charge in [0.05, 0.1) is 24.3 Å².